The summed E-state index contributed by atoms with van der Waals surface area (Å²) in [5.74, 6) is 1.39. The first-order chi connectivity index (χ1) is 9.70. The Morgan fingerprint density at radius 3 is 2.85 bits per heavy atom. The summed E-state index contributed by atoms with van der Waals surface area (Å²) in [4.78, 5) is 13.0. The molecule has 6 heteroatoms. The third-order valence-electron chi connectivity index (χ3n) is 2.76. The van der Waals surface area contributed by atoms with Gasteiger partial charge in [0.05, 0.1) is 16.2 Å². The van der Waals surface area contributed by atoms with Gasteiger partial charge in [0.2, 0.25) is 5.95 Å². The Morgan fingerprint density at radius 1 is 1.30 bits per heavy atom. The largest absolute Gasteiger partial charge is 0.361 e. The fraction of sp³-hybridized carbons (Fsp3) is 0.357. The van der Waals surface area contributed by atoms with E-state index < -0.39 is 0 Å². The van der Waals surface area contributed by atoms with Crippen LogP contribution >= 0.6 is 15.9 Å². The zero-order valence-electron chi connectivity index (χ0n) is 11.6. The van der Waals surface area contributed by atoms with Gasteiger partial charge in [-0.2, -0.15) is 4.98 Å². The van der Waals surface area contributed by atoms with E-state index in [0.29, 0.717) is 5.95 Å². The summed E-state index contributed by atoms with van der Waals surface area (Å²) in [5, 5.41) is 6.52. The van der Waals surface area contributed by atoms with Crippen LogP contribution in [-0.4, -0.2) is 21.5 Å². The van der Waals surface area contributed by atoms with Gasteiger partial charge in [-0.05, 0) is 41.4 Å². The summed E-state index contributed by atoms with van der Waals surface area (Å²) < 4.78 is 0.835. The molecule has 0 aliphatic rings. The highest BCUT2D eigenvalue weighted by atomic mass is 79.9. The molecule has 2 heterocycles. The maximum Gasteiger partial charge on any atom is 0.224 e. The van der Waals surface area contributed by atoms with Crippen molar-refractivity contribution in [2.24, 2.45) is 0 Å². The van der Waals surface area contributed by atoms with E-state index in [-0.39, 0.29) is 6.04 Å². The van der Waals surface area contributed by atoms with E-state index >= 15 is 0 Å². The van der Waals surface area contributed by atoms with Crippen LogP contribution in [0.5, 0.6) is 0 Å². The fourth-order valence-corrected chi connectivity index (χ4v) is 2.01. The van der Waals surface area contributed by atoms with Crippen molar-refractivity contribution in [2.75, 3.05) is 17.2 Å². The quantitative estimate of drug-likeness (QED) is 0.843. The number of nitrogens with one attached hydrogen (secondary N) is 2. The van der Waals surface area contributed by atoms with Crippen molar-refractivity contribution in [3.63, 3.8) is 0 Å². The molecule has 0 saturated carbocycles. The Bertz CT molecular complexity index is 547. The van der Waals surface area contributed by atoms with Crippen LogP contribution in [0.4, 0.5) is 11.8 Å². The van der Waals surface area contributed by atoms with Gasteiger partial charge < -0.3 is 10.6 Å². The van der Waals surface area contributed by atoms with E-state index in [2.05, 4.69) is 55.4 Å². The standard InChI is InChI=1S/C14H18BrN5/c1-3-7-17-14-18-9-11(15)13(20-14)19-10(2)12-6-4-5-8-16-12/h4-6,8-10H,3,7H2,1-2H3,(H2,17,18,19,20). The van der Waals surface area contributed by atoms with Crippen LogP contribution in [0, 0.1) is 0 Å². The molecule has 20 heavy (non-hydrogen) atoms. The normalized spacial score (nSPS) is 11.9. The molecule has 106 valence electrons. The minimum Gasteiger partial charge on any atom is -0.361 e. The number of hydrogen-bond acceptors (Lipinski definition) is 5. The Kier molecular flexibility index (Phi) is 5.29. The van der Waals surface area contributed by atoms with Crippen LogP contribution in [-0.2, 0) is 0 Å². The van der Waals surface area contributed by atoms with Gasteiger partial charge >= 0.3 is 0 Å². The second-order valence-electron chi connectivity index (χ2n) is 4.44. The van der Waals surface area contributed by atoms with Crippen molar-refractivity contribution in [1.29, 1.82) is 0 Å². The van der Waals surface area contributed by atoms with Crippen LogP contribution in [0.1, 0.15) is 32.0 Å². The minimum absolute atomic E-state index is 0.0708. The van der Waals surface area contributed by atoms with Crippen molar-refractivity contribution in [3.05, 3.63) is 40.8 Å². The SMILES string of the molecule is CCCNc1ncc(Br)c(NC(C)c2ccccn2)n1. The number of halogens is 1. The lowest BCUT2D eigenvalue weighted by Gasteiger charge is -2.15. The summed E-state index contributed by atoms with van der Waals surface area (Å²) in [7, 11) is 0. The van der Waals surface area contributed by atoms with Gasteiger partial charge in [-0.3, -0.25) is 4.98 Å². The zero-order chi connectivity index (χ0) is 14.4. The molecule has 2 N–H and O–H groups in total. The van der Waals surface area contributed by atoms with E-state index in [1.165, 1.54) is 0 Å². The average Bonchev–Trinajstić information content (AvgIpc) is 2.49. The predicted octanol–water partition coefficient (Wildman–Crippen LogP) is 3.63. The van der Waals surface area contributed by atoms with Crippen molar-refractivity contribution in [2.45, 2.75) is 26.3 Å². The lowest BCUT2D eigenvalue weighted by molar-refractivity contribution is 0.828. The fourth-order valence-electron chi connectivity index (χ4n) is 1.70. The van der Waals surface area contributed by atoms with Crippen LogP contribution in [0.15, 0.2) is 35.1 Å². The average molecular weight is 336 g/mol. The Balaban J connectivity index is 2.11. The molecule has 2 aromatic heterocycles. The second kappa shape index (κ2) is 7.19. The zero-order valence-corrected chi connectivity index (χ0v) is 13.2. The highest BCUT2D eigenvalue weighted by molar-refractivity contribution is 9.10. The summed E-state index contributed by atoms with van der Waals surface area (Å²) in [6, 6.07) is 5.94. The third kappa shape index (κ3) is 3.90. The minimum atomic E-state index is 0.0708. The van der Waals surface area contributed by atoms with E-state index in [0.717, 1.165) is 29.0 Å². The summed E-state index contributed by atoms with van der Waals surface area (Å²) in [5.41, 5.74) is 0.973. The van der Waals surface area contributed by atoms with Gasteiger partial charge in [0, 0.05) is 18.9 Å². The molecule has 2 aromatic rings. The number of hydrogen-bond donors (Lipinski definition) is 2. The Morgan fingerprint density at radius 2 is 2.15 bits per heavy atom. The number of rotatable bonds is 6. The smallest absolute Gasteiger partial charge is 0.224 e. The first-order valence-electron chi connectivity index (χ1n) is 6.64. The molecule has 2 rings (SSSR count). The maximum atomic E-state index is 4.47. The molecule has 1 unspecified atom stereocenters. The molecule has 0 fully saturated rings. The summed E-state index contributed by atoms with van der Waals surface area (Å²) in [6.45, 7) is 5.01. The van der Waals surface area contributed by atoms with Crippen LogP contribution in [0.2, 0.25) is 0 Å². The number of anilines is 2. The molecule has 0 bridgehead atoms. The molecule has 1 atom stereocenters. The van der Waals surface area contributed by atoms with E-state index in [1.807, 2.05) is 18.2 Å². The second-order valence-corrected chi connectivity index (χ2v) is 5.29. The molecule has 0 aromatic carbocycles. The first kappa shape index (κ1) is 14.7. The Hall–Kier alpha value is -1.69. The van der Waals surface area contributed by atoms with Crippen molar-refractivity contribution in [3.8, 4) is 0 Å². The van der Waals surface area contributed by atoms with E-state index in [1.54, 1.807) is 12.4 Å². The first-order valence-corrected chi connectivity index (χ1v) is 7.44. The van der Waals surface area contributed by atoms with E-state index in [4.69, 9.17) is 0 Å². The highest BCUT2D eigenvalue weighted by Crippen LogP contribution is 2.24. The molecule has 0 amide bonds. The van der Waals surface area contributed by atoms with Crippen molar-refractivity contribution in [1.82, 2.24) is 15.0 Å². The predicted molar refractivity (Wildman–Crippen MR) is 84.8 cm³/mol. The summed E-state index contributed by atoms with van der Waals surface area (Å²) in [6.07, 6.45) is 4.57. The molecular formula is C14H18BrN5. The number of pyridine rings is 1. The monoisotopic (exact) mass is 335 g/mol. The number of aromatic nitrogens is 3. The van der Waals surface area contributed by atoms with Gasteiger partial charge in [0.1, 0.15) is 5.82 Å². The molecule has 0 aliphatic carbocycles. The third-order valence-corrected chi connectivity index (χ3v) is 3.34. The molecular weight excluding hydrogens is 318 g/mol. The molecule has 0 spiro atoms. The molecule has 0 aliphatic heterocycles. The topological polar surface area (TPSA) is 62.7 Å². The van der Waals surface area contributed by atoms with Gasteiger partial charge in [0.15, 0.2) is 0 Å². The van der Waals surface area contributed by atoms with Gasteiger partial charge in [-0.25, -0.2) is 4.98 Å². The van der Waals surface area contributed by atoms with Crippen LogP contribution in [0.25, 0.3) is 0 Å². The van der Waals surface area contributed by atoms with Gasteiger partial charge in [-0.1, -0.05) is 13.0 Å². The van der Waals surface area contributed by atoms with Gasteiger partial charge in [-0.15, -0.1) is 0 Å². The van der Waals surface area contributed by atoms with Gasteiger partial charge in [0.25, 0.3) is 0 Å². The molecule has 5 nitrogen and oxygen atoms in total. The number of nitrogens with zero attached hydrogens (tertiary/aromatic N) is 3. The highest BCUT2D eigenvalue weighted by Gasteiger charge is 2.10. The van der Waals surface area contributed by atoms with Crippen LogP contribution in [0.3, 0.4) is 0 Å². The lowest BCUT2D eigenvalue weighted by atomic mass is 10.2. The Labute approximate surface area is 127 Å². The van der Waals surface area contributed by atoms with Crippen molar-refractivity contribution < 1.29 is 0 Å². The lowest BCUT2D eigenvalue weighted by Crippen LogP contribution is -2.12. The maximum absolute atomic E-state index is 4.47. The van der Waals surface area contributed by atoms with E-state index in [9.17, 15) is 0 Å². The van der Waals surface area contributed by atoms with Crippen molar-refractivity contribution >= 4 is 27.7 Å². The summed E-state index contributed by atoms with van der Waals surface area (Å²) >= 11 is 3.46. The molecule has 0 radical (unpaired) electrons. The van der Waals surface area contributed by atoms with Crippen LogP contribution < -0.4 is 10.6 Å². The molecule has 0 saturated heterocycles.